The molecular formula is C23H37Br2IOSi. The molecule has 28 heavy (non-hydrogen) atoms. The maximum Gasteiger partial charge on any atom is 0.0682 e. The van der Waals surface area contributed by atoms with Crippen molar-refractivity contribution in [2.45, 2.75) is 66.3 Å². The second-order valence-electron chi connectivity index (χ2n) is 8.04. The normalized spacial score (nSPS) is 10.6. The number of aryl methyl sites for hydroxylation is 1. The van der Waals surface area contributed by atoms with Gasteiger partial charge in [-0.2, -0.15) is 0 Å². The lowest BCUT2D eigenvalue weighted by Crippen LogP contribution is -2.39. The minimum Gasteiger partial charge on any atom is -0.392 e. The third kappa shape index (κ3) is 12.8. The Hall–Kier alpha value is 0.307. The summed E-state index contributed by atoms with van der Waals surface area (Å²) < 4.78 is 3.55. The molecule has 2 aromatic rings. The van der Waals surface area contributed by atoms with E-state index < -0.39 is 8.07 Å². The van der Waals surface area contributed by atoms with Crippen molar-refractivity contribution in [3.8, 4) is 0 Å². The van der Waals surface area contributed by atoms with E-state index in [4.69, 9.17) is 5.11 Å². The molecule has 0 saturated heterocycles. The fraction of sp³-hybridized carbons (Fsp3) is 0.478. The van der Waals surface area contributed by atoms with Crippen molar-refractivity contribution < 1.29 is 5.11 Å². The zero-order valence-corrected chi connectivity index (χ0v) is 23.7. The number of aliphatic hydroxyl groups excluding tert-OH is 1. The molecule has 2 rings (SSSR count). The second kappa shape index (κ2) is 15.2. The van der Waals surface area contributed by atoms with Crippen LogP contribution in [-0.2, 0) is 13.0 Å². The van der Waals surface area contributed by atoms with Gasteiger partial charge in [0.15, 0.2) is 0 Å². The molecular weight excluding hydrogens is 607 g/mol. The first kappa shape index (κ1) is 30.5. The lowest BCUT2D eigenvalue weighted by molar-refractivity contribution is 0.282. The van der Waals surface area contributed by atoms with Gasteiger partial charge in [-0.3, -0.25) is 0 Å². The van der Waals surface area contributed by atoms with E-state index in [1.54, 1.807) is 0 Å². The van der Waals surface area contributed by atoms with Crippen LogP contribution in [0.15, 0.2) is 57.5 Å². The summed E-state index contributed by atoms with van der Waals surface area (Å²) in [5, 5.41) is 9.22. The first-order valence-electron chi connectivity index (χ1n) is 9.12. The van der Waals surface area contributed by atoms with Crippen molar-refractivity contribution in [3.63, 3.8) is 0 Å². The SMILES string of the molecule is C.CC(C)(C)[Si](C)(C)CI.CCc1cccc(Br)c1.OCc1cccc(Br)c1. The predicted molar refractivity (Wildman–Crippen MR) is 146 cm³/mol. The highest BCUT2D eigenvalue weighted by Gasteiger charge is 2.33. The van der Waals surface area contributed by atoms with Crippen molar-refractivity contribution in [1.29, 1.82) is 0 Å². The Balaban J connectivity index is 0. The van der Waals surface area contributed by atoms with Gasteiger partial charge in [-0.1, -0.05) is 127 Å². The molecule has 0 bridgehead atoms. The minimum absolute atomic E-state index is 0. The number of alkyl halides is 1. The highest BCUT2D eigenvalue weighted by molar-refractivity contribution is 14.1. The summed E-state index contributed by atoms with van der Waals surface area (Å²) in [4.78, 5) is 0. The molecule has 5 heteroatoms. The van der Waals surface area contributed by atoms with Crippen LogP contribution in [-0.4, -0.2) is 17.2 Å². The molecule has 0 unspecified atom stereocenters. The van der Waals surface area contributed by atoms with Crippen molar-refractivity contribution >= 4 is 62.5 Å². The Bertz CT molecular complexity index is 624. The fourth-order valence-corrected chi connectivity index (χ4v) is 6.32. The number of aliphatic hydroxyl groups is 1. The maximum atomic E-state index is 8.64. The highest BCUT2D eigenvalue weighted by Crippen LogP contribution is 2.36. The van der Waals surface area contributed by atoms with E-state index in [9.17, 15) is 0 Å². The summed E-state index contributed by atoms with van der Waals surface area (Å²) in [6.45, 7) is 14.3. The van der Waals surface area contributed by atoms with Crippen LogP contribution in [0.25, 0.3) is 0 Å². The molecule has 0 spiro atoms. The summed E-state index contributed by atoms with van der Waals surface area (Å²) in [7, 11) is -0.892. The lowest BCUT2D eigenvalue weighted by atomic mass is 10.2. The number of rotatable bonds is 3. The lowest BCUT2D eigenvalue weighted by Gasteiger charge is -2.35. The number of benzene rings is 2. The van der Waals surface area contributed by atoms with Crippen molar-refractivity contribution in [3.05, 3.63) is 68.6 Å². The number of hydrogen-bond acceptors (Lipinski definition) is 1. The van der Waals surface area contributed by atoms with Crippen LogP contribution in [0.1, 0.15) is 46.2 Å². The van der Waals surface area contributed by atoms with Crippen LogP contribution < -0.4 is 0 Å². The smallest absolute Gasteiger partial charge is 0.0682 e. The van der Waals surface area contributed by atoms with Crippen molar-refractivity contribution in [2.75, 3.05) is 4.05 Å². The first-order chi connectivity index (χ1) is 12.5. The summed E-state index contributed by atoms with van der Waals surface area (Å²) in [6.07, 6.45) is 1.11. The van der Waals surface area contributed by atoms with Gasteiger partial charge in [0.1, 0.15) is 0 Å². The quantitative estimate of drug-likeness (QED) is 0.201. The van der Waals surface area contributed by atoms with E-state index in [-0.39, 0.29) is 14.0 Å². The second-order valence-corrected chi connectivity index (χ2v) is 17.7. The van der Waals surface area contributed by atoms with Crippen LogP contribution in [0.2, 0.25) is 18.1 Å². The van der Waals surface area contributed by atoms with Gasteiger partial charge in [-0.05, 0) is 50.9 Å². The molecule has 0 aliphatic rings. The van der Waals surface area contributed by atoms with E-state index in [1.165, 1.54) is 14.1 Å². The van der Waals surface area contributed by atoms with Gasteiger partial charge in [-0.25, -0.2) is 0 Å². The molecule has 2 aromatic carbocycles. The molecule has 0 saturated carbocycles. The zero-order chi connectivity index (χ0) is 21.1. The summed E-state index contributed by atoms with van der Waals surface area (Å²) in [6, 6.07) is 16.0. The monoisotopic (exact) mass is 642 g/mol. The predicted octanol–water partition coefficient (Wildman–Crippen LogP) is 9.06. The topological polar surface area (TPSA) is 20.2 Å². The number of hydrogen-bond donors (Lipinski definition) is 1. The molecule has 0 radical (unpaired) electrons. The van der Waals surface area contributed by atoms with E-state index in [0.717, 1.165) is 16.5 Å². The molecule has 0 heterocycles. The van der Waals surface area contributed by atoms with E-state index >= 15 is 0 Å². The molecule has 0 aliphatic heterocycles. The third-order valence-corrected chi connectivity index (χ3v) is 16.2. The van der Waals surface area contributed by atoms with E-state index in [0.29, 0.717) is 5.04 Å². The van der Waals surface area contributed by atoms with Crippen molar-refractivity contribution in [2.24, 2.45) is 0 Å². The summed E-state index contributed by atoms with van der Waals surface area (Å²) in [5.74, 6) is 0. The minimum atomic E-state index is -0.892. The standard InChI is InChI=1S/C8H9Br.C7H7BrO.C7H17ISi.CH4/c1-2-7-4-3-5-8(9)6-7;8-7-3-1-2-6(4-7)5-9;1-7(2,3)9(4,5)6-8;/h3-6H,2H2,1H3;1-4,9H,5H2;6H2,1-5H3;1H4. The first-order valence-corrected chi connectivity index (χ1v) is 15.4. The van der Waals surface area contributed by atoms with Gasteiger partial charge in [0.2, 0.25) is 0 Å². The fourth-order valence-electron chi connectivity index (χ4n) is 1.59. The Morgan fingerprint density at radius 2 is 1.36 bits per heavy atom. The molecule has 0 fully saturated rings. The van der Waals surface area contributed by atoms with Crippen LogP contribution in [0.3, 0.4) is 0 Å². The van der Waals surface area contributed by atoms with Gasteiger partial charge in [0, 0.05) is 8.95 Å². The van der Waals surface area contributed by atoms with Gasteiger partial charge < -0.3 is 5.11 Å². The van der Waals surface area contributed by atoms with Gasteiger partial charge in [0.05, 0.1) is 14.7 Å². The molecule has 0 aromatic heterocycles. The third-order valence-electron chi connectivity index (χ3n) is 4.73. The Labute approximate surface area is 205 Å². The van der Waals surface area contributed by atoms with Gasteiger partial charge >= 0.3 is 0 Å². The largest absolute Gasteiger partial charge is 0.392 e. The summed E-state index contributed by atoms with van der Waals surface area (Å²) >= 11 is 9.21. The summed E-state index contributed by atoms with van der Waals surface area (Å²) in [5.41, 5.74) is 2.31. The zero-order valence-electron chi connectivity index (χ0n) is 17.3. The molecule has 0 amide bonds. The Morgan fingerprint density at radius 1 is 0.929 bits per heavy atom. The van der Waals surface area contributed by atoms with Crippen LogP contribution >= 0.6 is 54.5 Å². The average molecular weight is 644 g/mol. The molecule has 0 atom stereocenters. The van der Waals surface area contributed by atoms with Crippen LogP contribution in [0.4, 0.5) is 0 Å². The number of halogens is 3. The van der Waals surface area contributed by atoms with Crippen LogP contribution in [0, 0.1) is 0 Å². The van der Waals surface area contributed by atoms with Crippen molar-refractivity contribution in [1.82, 2.24) is 0 Å². The van der Waals surface area contributed by atoms with Gasteiger partial charge in [-0.15, -0.1) is 0 Å². The van der Waals surface area contributed by atoms with Gasteiger partial charge in [0.25, 0.3) is 0 Å². The molecule has 1 nitrogen and oxygen atoms in total. The highest BCUT2D eigenvalue weighted by atomic mass is 127. The molecule has 1 N–H and O–H groups in total. The molecule has 160 valence electrons. The molecule has 0 aliphatic carbocycles. The Kier molecular flexibility index (Phi) is 16.5. The Morgan fingerprint density at radius 3 is 1.57 bits per heavy atom. The van der Waals surface area contributed by atoms with E-state index in [1.807, 2.05) is 30.3 Å². The van der Waals surface area contributed by atoms with Crippen LogP contribution in [0.5, 0.6) is 0 Å². The van der Waals surface area contributed by atoms with E-state index in [2.05, 4.69) is 113 Å². The maximum absolute atomic E-state index is 8.64. The average Bonchev–Trinajstić information content (AvgIpc) is 2.61.